The molecule has 0 unspecified atom stereocenters. The Kier molecular flexibility index (Phi) is 6.34. The van der Waals surface area contributed by atoms with E-state index in [1.807, 2.05) is 0 Å². The molecule has 1 aliphatic heterocycles. The minimum atomic E-state index is 0.294. The van der Waals surface area contributed by atoms with Gasteiger partial charge in [0.2, 0.25) is 0 Å². The molecular formula is C20H19Cl3N4O3. The molecule has 1 fully saturated rings. The molecule has 0 amide bonds. The SMILES string of the molecule is COc1cc(OC)c(Cl)c(-c2nc(NCCC3COC3)c3cc(Cl)ncc3n2)c1Cl. The molecule has 1 N–H and O–H groups in total. The number of pyridine rings is 1. The van der Waals surface area contributed by atoms with Crippen molar-refractivity contribution in [3.63, 3.8) is 0 Å². The van der Waals surface area contributed by atoms with E-state index in [1.54, 1.807) is 18.3 Å². The van der Waals surface area contributed by atoms with Crippen LogP contribution in [0.2, 0.25) is 15.2 Å². The van der Waals surface area contributed by atoms with Crippen LogP contribution >= 0.6 is 34.8 Å². The van der Waals surface area contributed by atoms with Gasteiger partial charge in [0, 0.05) is 23.9 Å². The van der Waals surface area contributed by atoms with Gasteiger partial charge in [-0.2, -0.15) is 0 Å². The van der Waals surface area contributed by atoms with Crippen molar-refractivity contribution in [3.05, 3.63) is 33.5 Å². The number of hydrogen-bond donors (Lipinski definition) is 1. The van der Waals surface area contributed by atoms with Crippen LogP contribution in [0.3, 0.4) is 0 Å². The highest BCUT2D eigenvalue weighted by molar-refractivity contribution is 6.41. The molecule has 0 spiro atoms. The maximum absolute atomic E-state index is 6.56. The topological polar surface area (TPSA) is 78.4 Å². The fraction of sp³-hybridized carbons (Fsp3) is 0.350. The summed E-state index contributed by atoms with van der Waals surface area (Å²) in [6, 6.07) is 3.35. The molecule has 3 aromatic rings. The molecule has 0 radical (unpaired) electrons. The average Bonchev–Trinajstić information content (AvgIpc) is 2.70. The van der Waals surface area contributed by atoms with Crippen LogP contribution in [0.1, 0.15) is 6.42 Å². The molecule has 3 heterocycles. The third-order valence-electron chi connectivity index (χ3n) is 4.90. The predicted octanol–water partition coefficient (Wildman–Crippen LogP) is 5.12. The largest absolute Gasteiger partial charge is 0.495 e. The van der Waals surface area contributed by atoms with Crippen molar-refractivity contribution in [2.75, 3.05) is 39.3 Å². The molecule has 1 aromatic carbocycles. The van der Waals surface area contributed by atoms with Gasteiger partial charge in [-0.25, -0.2) is 15.0 Å². The molecule has 4 rings (SSSR count). The molecule has 1 saturated heterocycles. The lowest BCUT2D eigenvalue weighted by atomic mass is 10.0. The zero-order valence-corrected chi connectivity index (χ0v) is 18.6. The number of benzene rings is 1. The summed E-state index contributed by atoms with van der Waals surface area (Å²) in [4.78, 5) is 13.5. The molecule has 1 aliphatic rings. The third kappa shape index (κ3) is 4.07. The quantitative estimate of drug-likeness (QED) is 0.481. The first-order chi connectivity index (χ1) is 14.5. The van der Waals surface area contributed by atoms with Gasteiger partial charge in [-0.05, 0) is 12.5 Å². The number of anilines is 1. The average molecular weight is 470 g/mol. The smallest absolute Gasteiger partial charge is 0.165 e. The minimum absolute atomic E-state index is 0.294. The highest BCUT2D eigenvalue weighted by atomic mass is 35.5. The lowest BCUT2D eigenvalue weighted by Crippen LogP contribution is -2.29. The number of methoxy groups -OCH3 is 2. The highest BCUT2D eigenvalue weighted by Crippen LogP contribution is 2.45. The van der Waals surface area contributed by atoms with E-state index in [2.05, 4.69) is 15.3 Å². The van der Waals surface area contributed by atoms with Crippen molar-refractivity contribution in [1.82, 2.24) is 15.0 Å². The summed E-state index contributed by atoms with van der Waals surface area (Å²) in [6.07, 6.45) is 2.56. The highest BCUT2D eigenvalue weighted by Gasteiger charge is 2.23. The van der Waals surface area contributed by atoms with Gasteiger partial charge in [0.25, 0.3) is 0 Å². The lowest BCUT2D eigenvalue weighted by molar-refractivity contribution is -0.0337. The summed E-state index contributed by atoms with van der Waals surface area (Å²) in [5, 5.41) is 5.08. The van der Waals surface area contributed by atoms with Crippen LogP contribution in [0.4, 0.5) is 5.82 Å². The number of rotatable bonds is 7. The van der Waals surface area contributed by atoms with E-state index in [4.69, 9.17) is 54.0 Å². The van der Waals surface area contributed by atoms with Gasteiger partial charge in [0.15, 0.2) is 5.82 Å². The Morgan fingerprint density at radius 2 is 1.77 bits per heavy atom. The Morgan fingerprint density at radius 1 is 1.07 bits per heavy atom. The first kappa shape index (κ1) is 21.2. The maximum atomic E-state index is 6.56. The van der Waals surface area contributed by atoms with Gasteiger partial charge in [0.05, 0.1) is 54.8 Å². The summed E-state index contributed by atoms with van der Waals surface area (Å²) in [5.74, 6) is 2.32. The third-order valence-corrected chi connectivity index (χ3v) is 5.86. The number of nitrogens with zero attached hydrogens (tertiary/aromatic N) is 3. The zero-order chi connectivity index (χ0) is 21.3. The number of ether oxygens (including phenoxy) is 3. The molecule has 10 heteroatoms. The Labute approximate surface area is 188 Å². The standard InChI is InChI=1S/C20H19Cl3N4O3/c1-28-13-6-14(29-2)18(23)16(17(13)22)20-26-12-7-25-15(21)5-11(12)19(27-20)24-4-3-10-8-30-9-10/h5-7,10H,3-4,8-9H2,1-2H3,(H,24,26,27). The molecule has 30 heavy (non-hydrogen) atoms. The van der Waals surface area contributed by atoms with Gasteiger partial charge in [0.1, 0.15) is 22.5 Å². The van der Waals surface area contributed by atoms with E-state index in [-0.39, 0.29) is 0 Å². The Balaban J connectivity index is 1.82. The summed E-state index contributed by atoms with van der Waals surface area (Å²) in [6.45, 7) is 2.31. The Bertz CT molecular complexity index is 1060. The van der Waals surface area contributed by atoms with E-state index < -0.39 is 0 Å². The van der Waals surface area contributed by atoms with E-state index in [0.717, 1.165) is 31.6 Å². The maximum Gasteiger partial charge on any atom is 0.165 e. The number of nitrogens with one attached hydrogen (secondary N) is 1. The predicted molar refractivity (Wildman–Crippen MR) is 118 cm³/mol. The molecule has 0 atom stereocenters. The normalized spacial score (nSPS) is 13.9. The second-order valence-electron chi connectivity index (χ2n) is 6.82. The summed E-state index contributed by atoms with van der Waals surface area (Å²) < 4.78 is 16.0. The van der Waals surface area contributed by atoms with Crippen LogP contribution < -0.4 is 14.8 Å². The number of hydrogen-bond acceptors (Lipinski definition) is 7. The summed E-state index contributed by atoms with van der Waals surface area (Å²) in [5.41, 5.74) is 1.02. The van der Waals surface area contributed by atoms with E-state index in [0.29, 0.717) is 55.3 Å². The fourth-order valence-electron chi connectivity index (χ4n) is 3.18. The minimum Gasteiger partial charge on any atom is -0.495 e. The van der Waals surface area contributed by atoms with Crippen LogP contribution in [0, 0.1) is 5.92 Å². The summed E-state index contributed by atoms with van der Waals surface area (Å²) in [7, 11) is 3.03. The van der Waals surface area contributed by atoms with Crippen LogP contribution in [-0.4, -0.2) is 48.9 Å². The van der Waals surface area contributed by atoms with Crippen molar-refractivity contribution in [1.29, 1.82) is 0 Å². The zero-order valence-electron chi connectivity index (χ0n) is 16.3. The first-order valence-electron chi connectivity index (χ1n) is 9.27. The Hall–Kier alpha value is -2.06. The molecule has 0 saturated carbocycles. The van der Waals surface area contributed by atoms with Crippen molar-refractivity contribution in [3.8, 4) is 22.9 Å². The Morgan fingerprint density at radius 3 is 2.37 bits per heavy atom. The van der Waals surface area contributed by atoms with Crippen LogP contribution in [0.25, 0.3) is 22.3 Å². The second kappa shape index (κ2) is 8.98. The van der Waals surface area contributed by atoms with E-state index >= 15 is 0 Å². The van der Waals surface area contributed by atoms with E-state index in [1.165, 1.54) is 14.2 Å². The number of fused-ring (bicyclic) bond motifs is 1. The van der Waals surface area contributed by atoms with Crippen molar-refractivity contribution >= 4 is 51.5 Å². The van der Waals surface area contributed by atoms with Gasteiger partial charge >= 0.3 is 0 Å². The van der Waals surface area contributed by atoms with Crippen molar-refractivity contribution < 1.29 is 14.2 Å². The van der Waals surface area contributed by atoms with Crippen molar-refractivity contribution in [2.24, 2.45) is 5.92 Å². The molecule has 2 aromatic heterocycles. The molecule has 7 nitrogen and oxygen atoms in total. The molecule has 158 valence electrons. The first-order valence-corrected chi connectivity index (χ1v) is 10.4. The van der Waals surface area contributed by atoms with Crippen LogP contribution in [-0.2, 0) is 4.74 Å². The lowest BCUT2D eigenvalue weighted by Gasteiger charge is -2.26. The molecular weight excluding hydrogens is 451 g/mol. The van der Waals surface area contributed by atoms with Crippen LogP contribution in [0.15, 0.2) is 18.3 Å². The number of halogens is 3. The van der Waals surface area contributed by atoms with Gasteiger partial charge in [-0.1, -0.05) is 34.8 Å². The van der Waals surface area contributed by atoms with Crippen molar-refractivity contribution in [2.45, 2.75) is 6.42 Å². The fourth-order valence-corrected chi connectivity index (χ4v) is 4.01. The molecule has 0 bridgehead atoms. The van der Waals surface area contributed by atoms with Gasteiger partial charge in [-0.3, -0.25) is 0 Å². The monoisotopic (exact) mass is 468 g/mol. The molecule has 0 aliphatic carbocycles. The van der Waals surface area contributed by atoms with Crippen LogP contribution in [0.5, 0.6) is 11.5 Å². The van der Waals surface area contributed by atoms with E-state index in [9.17, 15) is 0 Å². The van der Waals surface area contributed by atoms with Gasteiger partial charge in [-0.15, -0.1) is 0 Å². The second-order valence-corrected chi connectivity index (χ2v) is 7.97. The number of aromatic nitrogens is 3. The van der Waals surface area contributed by atoms with Gasteiger partial charge < -0.3 is 19.5 Å². The summed E-state index contributed by atoms with van der Waals surface area (Å²) >= 11 is 19.2.